The Balaban J connectivity index is 1.84. The Morgan fingerprint density at radius 2 is 1.71 bits per heavy atom. The van der Waals surface area contributed by atoms with E-state index in [0.29, 0.717) is 0 Å². The van der Waals surface area contributed by atoms with Gasteiger partial charge in [0, 0.05) is 48.2 Å². The molecule has 104 valence electrons. The Morgan fingerprint density at radius 1 is 1.00 bits per heavy atom. The number of rotatable bonds is 2. The first-order chi connectivity index (χ1) is 10.2. The Labute approximate surface area is 129 Å². The van der Waals surface area contributed by atoms with Crippen LogP contribution in [0, 0.1) is 0 Å². The van der Waals surface area contributed by atoms with Crippen LogP contribution in [0.4, 0.5) is 0 Å². The molecule has 0 spiro atoms. The lowest BCUT2D eigenvalue weighted by Gasteiger charge is -2.17. The molecule has 0 radical (unpaired) electrons. The number of hydrogen-bond donors (Lipinski definition) is 0. The molecule has 0 fully saturated rings. The van der Waals surface area contributed by atoms with Crippen LogP contribution in [0.25, 0.3) is 11.8 Å². The lowest BCUT2D eigenvalue weighted by atomic mass is 10.2. The third kappa shape index (κ3) is 3.23. The zero-order valence-electron chi connectivity index (χ0n) is 11.8. The van der Waals surface area contributed by atoms with E-state index < -0.39 is 0 Å². The number of likely N-dealkylation sites (N-methyl/N-ethyl adjacent to an activating group) is 1. The summed E-state index contributed by atoms with van der Waals surface area (Å²) in [5, 5.41) is 0.751. The molecular formula is C18H16ClN2+. The normalized spacial score (nSPS) is 15.7. The van der Waals surface area contributed by atoms with Gasteiger partial charge in [0.05, 0.1) is 0 Å². The van der Waals surface area contributed by atoms with Gasteiger partial charge >= 0.3 is 0 Å². The minimum absolute atomic E-state index is 0.751. The van der Waals surface area contributed by atoms with Gasteiger partial charge in [-0.25, -0.2) is 0 Å². The number of allylic oxidation sites excluding steroid dienone is 3. The minimum Gasteiger partial charge on any atom is -0.351 e. The Hall–Kier alpha value is -2.32. The third-order valence-electron chi connectivity index (χ3n) is 3.39. The number of hydrogen-bond acceptors (Lipinski definition) is 1. The van der Waals surface area contributed by atoms with Gasteiger partial charge in [0.15, 0.2) is 12.4 Å². The van der Waals surface area contributed by atoms with E-state index in [0.717, 1.165) is 10.7 Å². The topological polar surface area (TPSA) is 7.12 Å². The van der Waals surface area contributed by atoms with Gasteiger partial charge < -0.3 is 4.90 Å². The number of halogens is 1. The summed E-state index contributed by atoms with van der Waals surface area (Å²) in [6.07, 6.45) is 14.5. The van der Waals surface area contributed by atoms with Gasteiger partial charge in [0.25, 0.3) is 0 Å². The summed E-state index contributed by atoms with van der Waals surface area (Å²) < 4.78 is 2.07. The Morgan fingerprint density at radius 3 is 2.38 bits per heavy atom. The molecule has 0 saturated carbocycles. The van der Waals surface area contributed by atoms with Crippen LogP contribution in [0.15, 0.2) is 78.9 Å². The highest BCUT2D eigenvalue weighted by molar-refractivity contribution is 6.30. The van der Waals surface area contributed by atoms with E-state index in [4.69, 9.17) is 11.6 Å². The van der Waals surface area contributed by atoms with Crippen LogP contribution in [0.3, 0.4) is 0 Å². The predicted octanol–water partition coefficient (Wildman–Crippen LogP) is 3.97. The maximum absolute atomic E-state index is 5.91. The van der Waals surface area contributed by atoms with Crippen molar-refractivity contribution in [2.45, 2.75) is 0 Å². The van der Waals surface area contributed by atoms with Crippen LogP contribution in [-0.2, 0) is 0 Å². The van der Waals surface area contributed by atoms with Crippen LogP contribution >= 0.6 is 11.6 Å². The lowest BCUT2D eigenvalue weighted by Crippen LogP contribution is -2.29. The van der Waals surface area contributed by atoms with Gasteiger partial charge in [-0.2, -0.15) is 4.57 Å². The predicted molar refractivity (Wildman–Crippen MR) is 87.0 cm³/mol. The van der Waals surface area contributed by atoms with Crippen molar-refractivity contribution in [3.8, 4) is 5.69 Å². The molecule has 21 heavy (non-hydrogen) atoms. The summed E-state index contributed by atoms with van der Waals surface area (Å²) in [4.78, 5) is 2.10. The van der Waals surface area contributed by atoms with Gasteiger partial charge in [-0.15, -0.1) is 0 Å². The van der Waals surface area contributed by atoms with E-state index in [2.05, 4.69) is 46.1 Å². The molecule has 0 bridgehead atoms. The summed E-state index contributed by atoms with van der Waals surface area (Å²) in [6, 6.07) is 12.0. The number of nitrogens with zero attached hydrogens (tertiary/aromatic N) is 2. The summed E-state index contributed by atoms with van der Waals surface area (Å²) in [6.45, 7) is 0. The van der Waals surface area contributed by atoms with E-state index in [1.54, 1.807) is 0 Å². The molecule has 1 aromatic heterocycles. The molecule has 1 aromatic carbocycles. The van der Waals surface area contributed by atoms with E-state index in [1.807, 2.05) is 49.7 Å². The van der Waals surface area contributed by atoms with Crippen LogP contribution < -0.4 is 4.57 Å². The Bertz CT molecular complexity index is 710. The molecule has 2 aromatic rings. The molecule has 2 heterocycles. The van der Waals surface area contributed by atoms with Crippen molar-refractivity contribution in [2.75, 3.05) is 7.05 Å². The largest absolute Gasteiger partial charge is 0.351 e. The highest BCUT2D eigenvalue weighted by Crippen LogP contribution is 2.14. The number of benzene rings is 1. The van der Waals surface area contributed by atoms with Gasteiger partial charge in [0.1, 0.15) is 0 Å². The number of aromatic nitrogens is 1. The molecule has 0 atom stereocenters. The van der Waals surface area contributed by atoms with Crippen LogP contribution in [0.2, 0.25) is 5.02 Å². The first-order valence-electron chi connectivity index (χ1n) is 6.79. The molecule has 0 saturated heterocycles. The molecule has 0 amide bonds. The fourth-order valence-corrected chi connectivity index (χ4v) is 2.30. The molecule has 2 nitrogen and oxygen atoms in total. The van der Waals surface area contributed by atoms with Crippen LogP contribution in [0.1, 0.15) is 5.56 Å². The Kier molecular flexibility index (Phi) is 3.89. The highest BCUT2D eigenvalue weighted by atomic mass is 35.5. The first kappa shape index (κ1) is 13.7. The fourth-order valence-electron chi connectivity index (χ4n) is 2.18. The summed E-state index contributed by atoms with van der Waals surface area (Å²) in [5.41, 5.74) is 3.43. The van der Waals surface area contributed by atoms with E-state index in [9.17, 15) is 0 Å². The zero-order valence-corrected chi connectivity index (χ0v) is 12.5. The van der Waals surface area contributed by atoms with Gasteiger partial charge in [-0.1, -0.05) is 17.7 Å². The smallest absolute Gasteiger partial charge is 0.210 e. The quantitative estimate of drug-likeness (QED) is 0.760. The van der Waals surface area contributed by atoms with Crippen molar-refractivity contribution in [1.82, 2.24) is 4.90 Å². The minimum atomic E-state index is 0.751. The van der Waals surface area contributed by atoms with E-state index in [-0.39, 0.29) is 0 Å². The zero-order chi connectivity index (χ0) is 14.7. The standard InChI is InChI=1S/C18H16ClN2/c1-20-11-3-2-4-18(20)14-15-9-12-21(13-10-15)17-7-5-16(19)6-8-17/h2-14H,1H3/q+1. The summed E-state index contributed by atoms with van der Waals surface area (Å²) in [5.74, 6) is 0. The molecule has 1 aliphatic rings. The fraction of sp³-hybridized carbons (Fsp3) is 0.0556. The van der Waals surface area contributed by atoms with Crippen molar-refractivity contribution < 1.29 is 4.57 Å². The van der Waals surface area contributed by atoms with Crippen molar-refractivity contribution in [1.29, 1.82) is 0 Å². The molecule has 0 unspecified atom stereocenters. The monoisotopic (exact) mass is 295 g/mol. The van der Waals surface area contributed by atoms with Gasteiger partial charge in [-0.05, 0) is 35.9 Å². The second kappa shape index (κ2) is 5.98. The average molecular weight is 296 g/mol. The van der Waals surface area contributed by atoms with Crippen molar-refractivity contribution in [2.24, 2.45) is 0 Å². The van der Waals surface area contributed by atoms with E-state index >= 15 is 0 Å². The average Bonchev–Trinajstić information content (AvgIpc) is 2.51. The second-order valence-electron chi connectivity index (χ2n) is 4.90. The molecule has 0 N–H and O–H groups in total. The van der Waals surface area contributed by atoms with Crippen molar-refractivity contribution in [3.63, 3.8) is 0 Å². The van der Waals surface area contributed by atoms with E-state index in [1.165, 1.54) is 11.3 Å². The van der Waals surface area contributed by atoms with Gasteiger partial charge in [0.2, 0.25) is 5.69 Å². The number of pyridine rings is 1. The molecule has 0 aliphatic carbocycles. The molecule has 3 rings (SSSR count). The molecule has 3 heteroatoms. The lowest BCUT2D eigenvalue weighted by molar-refractivity contribution is -0.595. The second-order valence-corrected chi connectivity index (χ2v) is 5.33. The first-order valence-corrected chi connectivity index (χ1v) is 7.17. The van der Waals surface area contributed by atoms with Crippen LogP contribution in [0.5, 0.6) is 0 Å². The van der Waals surface area contributed by atoms with Crippen molar-refractivity contribution >= 4 is 17.7 Å². The SMILES string of the molecule is CN1C=CC=C/C1=C\c1cc[n+](-c2ccc(Cl)cc2)cc1. The maximum atomic E-state index is 5.91. The van der Waals surface area contributed by atoms with Crippen molar-refractivity contribution in [3.05, 3.63) is 89.5 Å². The molecule has 1 aliphatic heterocycles. The van der Waals surface area contributed by atoms with Gasteiger partial charge in [-0.3, -0.25) is 0 Å². The third-order valence-corrected chi connectivity index (χ3v) is 3.64. The van der Waals surface area contributed by atoms with Crippen LogP contribution in [-0.4, -0.2) is 11.9 Å². The molecular weight excluding hydrogens is 280 g/mol. The maximum Gasteiger partial charge on any atom is 0.210 e. The highest BCUT2D eigenvalue weighted by Gasteiger charge is 2.06. The summed E-state index contributed by atoms with van der Waals surface area (Å²) >= 11 is 5.91. The summed E-state index contributed by atoms with van der Waals surface area (Å²) in [7, 11) is 2.04.